The lowest BCUT2D eigenvalue weighted by molar-refractivity contribution is -0.122. The molecule has 4 aromatic rings. The number of pyridine rings is 1. The molecule has 28 heavy (non-hydrogen) atoms. The van der Waals surface area contributed by atoms with E-state index in [0.717, 1.165) is 21.5 Å². The minimum absolute atomic E-state index is 0.113. The Labute approximate surface area is 165 Å². The van der Waals surface area contributed by atoms with Gasteiger partial charge in [-0.3, -0.25) is 14.6 Å². The average molecular weight is 390 g/mol. The highest BCUT2D eigenvalue weighted by Gasteiger charge is 2.13. The molecule has 0 bridgehead atoms. The minimum atomic E-state index is -0.264. The largest absolute Gasteiger partial charge is 0.350 e. The molecule has 0 fully saturated rings. The van der Waals surface area contributed by atoms with E-state index in [4.69, 9.17) is 0 Å². The summed E-state index contributed by atoms with van der Waals surface area (Å²) in [7, 11) is 0. The van der Waals surface area contributed by atoms with Crippen LogP contribution in [-0.4, -0.2) is 20.7 Å². The molecule has 3 heterocycles. The summed E-state index contributed by atoms with van der Waals surface area (Å²) < 4.78 is 1.25. The van der Waals surface area contributed by atoms with E-state index < -0.39 is 0 Å². The lowest BCUT2D eigenvalue weighted by atomic mass is 10.1. The third-order valence-corrected chi connectivity index (χ3v) is 5.27. The molecule has 0 spiro atoms. The molecule has 140 valence electrons. The Morgan fingerprint density at radius 2 is 1.82 bits per heavy atom. The Kier molecular flexibility index (Phi) is 5.25. The SMILES string of the molecule is O=C(Cn1nc(Cc2ccncc2)c2ccccc2c1=O)NCc1cccs1. The first-order valence-electron chi connectivity index (χ1n) is 8.87. The third kappa shape index (κ3) is 3.99. The summed E-state index contributed by atoms with van der Waals surface area (Å²) in [5.41, 5.74) is 1.54. The van der Waals surface area contributed by atoms with Crippen molar-refractivity contribution in [1.82, 2.24) is 20.1 Å². The second-order valence-corrected chi connectivity index (χ2v) is 7.38. The van der Waals surface area contributed by atoms with Gasteiger partial charge in [0, 0.05) is 29.1 Å². The summed E-state index contributed by atoms with van der Waals surface area (Å²) in [6.45, 7) is 0.334. The average Bonchev–Trinajstić information content (AvgIpc) is 3.24. The van der Waals surface area contributed by atoms with Crippen LogP contribution in [-0.2, 0) is 24.3 Å². The fraction of sp³-hybridized carbons (Fsp3) is 0.143. The molecule has 3 aromatic heterocycles. The molecule has 0 saturated heterocycles. The summed E-state index contributed by atoms with van der Waals surface area (Å²) in [4.78, 5) is 30.3. The van der Waals surface area contributed by atoms with Crippen molar-refractivity contribution in [2.24, 2.45) is 0 Å². The highest BCUT2D eigenvalue weighted by atomic mass is 32.1. The van der Waals surface area contributed by atoms with Gasteiger partial charge in [-0.05, 0) is 35.2 Å². The van der Waals surface area contributed by atoms with Gasteiger partial charge in [-0.25, -0.2) is 4.68 Å². The van der Waals surface area contributed by atoms with E-state index in [1.165, 1.54) is 4.68 Å². The first-order valence-corrected chi connectivity index (χ1v) is 9.75. The summed E-state index contributed by atoms with van der Waals surface area (Å²) >= 11 is 1.58. The summed E-state index contributed by atoms with van der Waals surface area (Å²) in [5, 5.41) is 10.7. The van der Waals surface area contributed by atoms with Crippen LogP contribution in [0.4, 0.5) is 0 Å². The molecule has 0 unspecified atom stereocenters. The van der Waals surface area contributed by atoms with E-state index in [-0.39, 0.29) is 18.0 Å². The van der Waals surface area contributed by atoms with E-state index in [9.17, 15) is 9.59 Å². The van der Waals surface area contributed by atoms with Gasteiger partial charge in [0.25, 0.3) is 5.56 Å². The molecule has 0 aliphatic heterocycles. The predicted octanol–water partition coefficient (Wildman–Crippen LogP) is 2.76. The fourth-order valence-corrected chi connectivity index (χ4v) is 3.67. The normalized spacial score (nSPS) is 10.9. The fourth-order valence-electron chi connectivity index (χ4n) is 3.03. The number of carbonyl (C=O) groups is 1. The van der Waals surface area contributed by atoms with E-state index in [2.05, 4.69) is 15.4 Å². The minimum Gasteiger partial charge on any atom is -0.350 e. The second kappa shape index (κ2) is 8.14. The lowest BCUT2D eigenvalue weighted by Gasteiger charge is -2.11. The topological polar surface area (TPSA) is 76.9 Å². The number of fused-ring (bicyclic) bond motifs is 1. The smallest absolute Gasteiger partial charge is 0.275 e. The number of rotatable bonds is 6. The molecule has 0 atom stereocenters. The van der Waals surface area contributed by atoms with Crippen LogP contribution in [0.5, 0.6) is 0 Å². The highest BCUT2D eigenvalue weighted by Crippen LogP contribution is 2.16. The van der Waals surface area contributed by atoms with Crippen LogP contribution in [0, 0.1) is 0 Å². The van der Waals surface area contributed by atoms with Crippen LogP contribution < -0.4 is 10.9 Å². The molecule has 0 saturated carbocycles. The monoisotopic (exact) mass is 390 g/mol. The van der Waals surface area contributed by atoms with Gasteiger partial charge in [0.05, 0.1) is 17.6 Å². The quantitative estimate of drug-likeness (QED) is 0.549. The van der Waals surface area contributed by atoms with Crippen molar-refractivity contribution >= 4 is 28.0 Å². The Morgan fingerprint density at radius 3 is 2.57 bits per heavy atom. The maximum atomic E-state index is 12.8. The van der Waals surface area contributed by atoms with Gasteiger partial charge in [0.2, 0.25) is 5.91 Å². The van der Waals surface area contributed by atoms with Gasteiger partial charge >= 0.3 is 0 Å². The zero-order valence-corrected chi connectivity index (χ0v) is 15.9. The molecule has 0 radical (unpaired) electrons. The zero-order valence-electron chi connectivity index (χ0n) is 15.0. The molecule has 0 aliphatic rings. The Balaban J connectivity index is 1.63. The molecule has 0 aliphatic carbocycles. The number of hydrogen-bond donors (Lipinski definition) is 1. The first-order chi connectivity index (χ1) is 13.7. The Bertz CT molecular complexity index is 1150. The van der Waals surface area contributed by atoms with E-state index >= 15 is 0 Å². The number of carbonyl (C=O) groups excluding carboxylic acids is 1. The van der Waals surface area contributed by atoms with E-state index in [0.29, 0.717) is 18.4 Å². The van der Waals surface area contributed by atoms with Crippen molar-refractivity contribution in [3.8, 4) is 0 Å². The number of nitrogens with zero attached hydrogens (tertiary/aromatic N) is 3. The predicted molar refractivity (Wildman–Crippen MR) is 109 cm³/mol. The van der Waals surface area contributed by atoms with Crippen molar-refractivity contribution in [3.05, 3.63) is 92.8 Å². The van der Waals surface area contributed by atoms with Crippen LogP contribution in [0.25, 0.3) is 10.8 Å². The number of hydrogen-bond acceptors (Lipinski definition) is 5. The van der Waals surface area contributed by atoms with Gasteiger partial charge in [0.1, 0.15) is 6.54 Å². The van der Waals surface area contributed by atoms with Gasteiger partial charge in [-0.15, -0.1) is 11.3 Å². The lowest BCUT2D eigenvalue weighted by Crippen LogP contribution is -2.34. The third-order valence-electron chi connectivity index (χ3n) is 4.40. The van der Waals surface area contributed by atoms with Crippen molar-refractivity contribution in [2.75, 3.05) is 0 Å². The molecule has 1 amide bonds. The van der Waals surface area contributed by atoms with Gasteiger partial charge < -0.3 is 5.32 Å². The molecule has 7 heteroatoms. The van der Waals surface area contributed by atoms with Gasteiger partial charge in [-0.1, -0.05) is 24.3 Å². The van der Waals surface area contributed by atoms with E-state index in [1.54, 1.807) is 29.8 Å². The van der Waals surface area contributed by atoms with Crippen molar-refractivity contribution in [1.29, 1.82) is 0 Å². The van der Waals surface area contributed by atoms with Crippen LogP contribution in [0.15, 0.2) is 71.1 Å². The zero-order chi connectivity index (χ0) is 19.3. The number of nitrogens with one attached hydrogen (secondary N) is 1. The van der Waals surface area contributed by atoms with Gasteiger partial charge in [-0.2, -0.15) is 5.10 Å². The standard InChI is InChI=1S/C21H18N4O2S/c26-20(23-13-16-4-3-11-28-16)14-25-21(27)18-6-2-1-5-17(18)19(24-25)12-15-7-9-22-10-8-15/h1-11H,12-14H2,(H,23,26). The van der Waals surface area contributed by atoms with Crippen LogP contribution in [0.2, 0.25) is 0 Å². The van der Waals surface area contributed by atoms with Crippen molar-refractivity contribution in [2.45, 2.75) is 19.5 Å². The maximum absolute atomic E-state index is 12.8. The molecular weight excluding hydrogens is 372 g/mol. The molecule has 1 N–H and O–H groups in total. The highest BCUT2D eigenvalue weighted by molar-refractivity contribution is 7.09. The van der Waals surface area contributed by atoms with Gasteiger partial charge in [0.15, 0.2) is 0 Å². The van der Waals surface area contributed by atoms with E-state index in [1.807, 2.05) is 47.8 Å². The molecule has 6 nitrogen and oxygen atoms in total. The molecular formula is C21H18N4O2S. The summed E-state index contributed by atoms with van der Waals surface area (Å²) in [5.74, 6) is -0.242. The second-order valence-electron chi connectivity index (χ2n) is 6.34. The molecule has 4 rings (SSSR count). The Hall–Kier alpha value is -3.32. The molecule has 1 aromatic carbocycles. The number of aromatic nitrogens is 3. The summed E-state index contributed by atoms with van der Waals surface area (Å²) in [6.07, 6.45) is 4.01. The number of amides is 1. The van der Waals surface area contributed by atoms with Crippen LogP contribution in [0.1, 0.15) is 16.1 Å². The number of thiophene rings is 1. The first kappa shape index (κ1) is 18.1. The summed E-state index contributed by atoms with van der Waals surface area (Å²) in [6, 6.07) is 15.1. The van der Waals surface area contributed by atoms with Crippen molar-refractivity contribution < 1.29 is 4.79 Å². The van der Waals surface area contributed by atoms with Crippen molar-refractivity contribution in [3.63, 3.8) is 0 Å². The van der Waals surface area contributed by atoms with Crippen LogP contribution in [0.3, 0.4) is 0 Å². The maximum Gasteiger partial charge on any atom is 0.275 e. The number of benzene rings is 1. The van der Waals surface area contributed by atoms with Crippen LogP contribution >= 0.6 is 11.3 Å². The Morgan fingerprint density at radius 1 is 1.04 bits per heavy atom.